The summed E-state index contributed by atoms with van der Waals surface area (Å²) in [6.07, 6.45) is 1.16. The lowest BCUT2D eigenvalue weighted by atomic mass is 9.96. The fraction of sp³-hybridized carbons (Fsp3) is 0.727. The van der Waals surface area contributed by atoms with Crippen LogP contribution in [-0.4, -0.2) is 60.8 Å². The third-order valence-electron chi connectivity index (χ3n) is 2.93. The van der Waals surface area contributed by atoms with E-state index in [1.165, 1.54) is 0 Å². The van der Waals surface area contributed by atoms with Gasteiger partial charge >= 0.3 is 12.0 Å². The number of rotatable bonds is 6. The lowest BCUT2D eigenvalue weighted by molar-refractivity contribution is -0.142. The van der Waals surface area contributed by atoms with Crippen molar-refractivity contribution < 1.29 is 24.2 Å². The number of urea groups is 1. The fourth-order valence-corrected chi connectivity index (χ4v) is 1.87. The van der Waals surface area contributed by atoms with Gasteiger partial charge in [0.05, 0.1) is 6.61 Å². The molecule has 0 radical (unpaired) electrons. The molecule has 0 aromatic carbocycles. The van der Waals surface area contributed by atoms with E-state index in [1.54, 1.807) is 4.90 Å². The highest BCUT2D eigenvalue weighted by atomic mass is 16.5. The molecule has 0 unspecified atom stereocenters. The summed E-state index contributed by atoms with van der Waals surface area (Å²) in [5, 5.41) is 11.0. The molecular formula is C11H19N3O5. The summed E-state index contributed by atoms with van der Waals surface area (Å²) in [7, 11) is 0. The number of likely N-dealkylation sites (tertiary alicyclic amines) is 1. The standard InChI is InChI=1S/C11H19N3O5/c12-10(17)8-1-4-14(5-2-8)11(18)13-3-6-19-7-9(15)16/h8H,1-7H2,(H2,12,17)(H,13,18)(H,15,16). The Kier molecular flexibility index (Phi) is 6.07. The van der Waals surface area contributed by atoms with Gasteiger partial charge in [0.15, 0.2) is 0 Å². The maximum atomic E-state index is 11.7. The van der Waals surface area contributed by atoms with Gasteiger partial charge in [0.1, 0.15) is 6.61 Å². The Morgan fingerprint density at radius 1 is 1.32 bits per heavy atom. The highest BCUT2D eigenvalue weighted by Gasteiger charge is 2.25. The van der Waals surface area contributed by atoms with Crippen LogP contribution in [-0.2, 0) is 14.3 Å². The smallest absolute Gasteiger partial charge is 0.329 e. The molecule has 0 bridgehead atoms. The van der Waals surface area contributed by atoms with Crippen molar-refractivity contribution in [2.45, 2.75) is 12.8 Å². The first-order chi connectivity index (χ1) is 9.00. The number of nitrogens with one attached hydrogen (secondary N) is 1. The monoisotopic (exact) mass is 273 g/mol. The van der Waals surface area contributed by atoms with Gasteiger partial charge in [-0.1, -0.05) is 0 Å². The van der Waals surface area contributed by atoms with Crippen molar-refractivity contribution in [3.63, 3.8) is 0 Å². The molecular weight excluding hydrogens is 254 g/mol. The predicted octanol–water partition coefficient (Wildman–Crippen LogP) is -1.01. The van der Waals surface area contributed by atoms with Gasteiger partial charge < -0.3 is 25.8 Å². The quantitative estimate of drug-likeness (QED) is 0.535. The van der Waals surface area contributed by atoms with Crippen LogP contribution >= 0.6 is 0 Å². The van der Waals surface area contributed by atoms with Gasteiger partial charge in [-0.2, -0.15) is 0 Å². The number of carbonyl (C=O) groups excluding carboxylic acids is 2. The number of carboxylic acid groups (broad SMARTS) is 1. The van der Waals surface area contributed by atoms with Gasteiger partial charge in [-0.3, -0.25) is 4.79 Å². The van der Waals surface area contributed by atoms with E-state index in [1.807, 2.05) is 0 Å². The average molecular weight is 273 g/mol. The van der Waals surface area contributed by atoms with Crippen molar-refractivity contribution in [1.82, 2.24) is 10.2 Å². The molecule has 0 saturated carbocycles. The maximum Gasteiger partial charge on any atom is 0.329 e. The molecule has 0 spiro atoms. The molecule has 8 nitrogen and oxygen atoms in total. The van der Waals surface area contributed by atoms with Crippen LogP contribution in [0.1, 0.15) is 12.8 Å². The Morgan fingerprint density at radius 3 is 2.47 bits per heavy atom. The lowest BCUT2D eigenvalue weighted by Crippen LogP contribution is -2.46. The van der Waals surface area contributed by atoms with E-state index < -0.39 is 5.97 Å². The van der Waals surface area contributed by atoms with Gasteiger partial charge in [0.25, 0.3) is 0 Å². The molecule has 8 heteroatoms. The molecule has 19 heavy (non-hydrogen) atoms. The van der Waals surface area contributed by atoms with E-state index in [-0.39, 0.29) is 37.6 Å². The number of amides is 3. The van der Waals surface area contributed by atoms with Crippen LogP contribution in [0.4, 0.5) is 4.79 Å². The second kappa shape index (κ2) is 7.57. The number of nitrogens with two attached hydrogens (primary N) is 1. The Hall–Kier alpha value is -1.83. The zero-order chi connectivity index (χ0) is 14.3. The number of hydrogen-bond donors (Lipinski definition) is 3. The van der Waals surface area contributed by atoms with E-state index in [9.17, 15) is 14.4 Å². The van der Waals surface area contributed by atoms with Crippen molar-refractivity contribution in [1.29, 1.82) is 0 Å². The normalized spacial score (nSPS) is 16.1. The summed E-state index contributed by atoms with van der Waals surface area (Å²) in [6, 6.07) is -0.234. The molecule has 1 rings (SSSR count). The molecule has 3 amide bonds. The number of nitrogens with zero attached hydrogens (tertiary/aromatic N) is 1. The zero-order valence-electron chi connectivity index (χ0n) is 10.6. The van der Waals surface area contributed by atoms with Crippen molar-refractivity contribution in [2.24, 2.45) is 11.7 Å². The Bertz CT molecular complexity index is 339. The first kappa shape index (κ1) is 15.2. The minimum atomic E-state index is -1.04. The summed E-state index contributed by atoms with van der Waals surface area (Å²) in [4.78, 5) is 34.4. The fourth-order valence-electron chi connectivity index (χ4n) is 1.87. The highest BCUT2D eigenvalue weighted by Crippen LogP contribution is 2.16. The van der Waals surface area contributed by atoms with Crippen LogP contribution in [0.2, 0.25) is 0 Å². The molecule has 1 aliphatic heterocycles. The van der Waals surface area contributed by atoms with Crippen LogP contribution in [0.5, 0.6) is 0 Å². The van der Waals surface area contributed by atoms with Crippen molar-refractivity contribution in [2.75, 3.05) is 32.8 Å². The van der Waals surface area contributed by atoms with Crippen molar-refractivity contribution in [3.8, 4) is 0 Å². The topological polar surface area (TPSA) is 122 Å². The lowest BCUT2D eigenvalue weighted by Gasteiger charge is -2.30. The molecule has 0 aromatic rings. The number of carbonyl (C=O) groups is 3. The third-order valence-corrected chi connectivity index (χ3v) is 2.93. The minimum absolute atomic E-state index is 0.149. The number of piperidine rings is 1. The third kappa shape index (κ3) is 5.56. The molecule has 0 aliphatic carbocycles. The second-order valence-corrected chi connectivity index (χ2v) is 4.34. The minimum Gasteiger partial charge on any atom is -0.480 e. The Balaban J connectivity index is 2.14. The molecule has 1 saturated heterocycles. The second-order valence-electron chi connectivity index (χ2n) is 4.34. The molecule has 1 heterocycles. The summed E-state index contributed by atoms with van der Waals surface area (Å²) in [6.45, 7) is 1.02. The van der Waals surface area contributed by atoms with Crippen LogP contribution in [0.3, 0.4) is 0 Å². The van der Waals surface area contributed by atoms with Gasteiger partial charge in [-0.15, -0.1) is 0 Å². The summed E-state index contributed by atoms with van der Waals surface area (Å²) in [5.41, 5.74) is 5.20. The van der Waals surface area contributed by atoms with Gasteiger partial charge in [0.2, 0.25) is 5.91 Å². The predicted molar refractivity (Wildman–Crippen MR) is 65.3 cm³/mol. The molecule has 0 aromatic heterocycles. The number of carboxylic acids is 1. The van der Waals surface area contributed by atoms with E-state index in [0.717, 1.165) is 0 Å². The van der Waals surface area contributed by atoms with Crippen LogP contribution in [0.15, 0.2) is 0 Å². The molecule has 4 N–H and O–H groups in total. The summed E-state index contributed by atoms with van der Waals surface area (Å²) < 4.78 is 4.79. The first-order valence-corrected chi connectivity index (χ1v) is 6.12. The van der Waals surface area contributed by atoms with Crippen LogP contribution in [0, 0.1) is 5.92 Å². The maximum absolute atomic E-state index is 11.7. The van der Waals surface area contributed by atoms with Crippen LogP contribution in [0.25, 0.3) is 0 Å². The average Bonchev–Trinajstić information content (AvgIpc) is 2.37. The van der Waals surface area contributed by atoms with E-state index in [2.05, 4.69) is 5.32 Å². The molecule has 1 fully saturated rings. The highest BCUT2D eigenvalue weighted by molar-refractivity contribution is 5.78. The summed E-state index contributed by atoms with van der Waals surface area (Å²) >= 11 is 0. The number of hydrogen-bond acceptors (Lipinski definition) is 4. The van der Waals surface area contributed by atoms with E-state index >= 15 is 0 Å². The van der Waals surface area contributed by atoms with Crippen molar-refractivity contribution in [3.05, 3.63) is 0 Å². The largest absolute Gasteiger partial charge is 0.480 e. The number of aliphatic carboxylic acids is 1. The van der Waals surface area contributed by atoms with Gasteiger partial charge in [-0.05, 0) is 12.8 Å². The Morgan fingerprint density at radius 2 is 1.95 bits per heavy atom. The van der Waals surface area contributed by atoms with Gasteiger partial charge in [0, 0.05) is 25.6 Å². The molecule has 1 aliphatic rings. The number of ether oxygens (including phenoxy) is 1. The first-order valence-electron chi connectivity index (χ1n) is 6.12. The van der Waals surface area contributed by atoms with Gasteiger partial charge in [-0.25, -0.2) is 9.59 Å². The Labute approximate surface area is 110 Å². The SMILES string of the molecule is NC(=O)C1CCN(C(=O)NCCOCC(=O)O)CC1. The molecule has 108 valence electrons. The van der Waals surface area contributed by atoms with Crippen LogP contribution < -0.4 is 11.1 Å². The van der Waals surface area contributed by atoms with E-state index in [4.69, 9.17) is 15.6 Å². The number of primary amides is 1. The van der Waals surface area contributed by atoms with Crippen molar-refractivity contribution >= 4 is 17.9 Å². The summed E-state index contributed by atoms with van der Waals surface area (Å²) in [5.74, 6) is -1.51. The molecule has 0 atom stereocenters. The van der Waals surface area contributed by atoms with E-state index in [0.29, 0.717) is 25.9 Å². The zero-order valence-corrected chi connectivity index (χ0v) is 10.6.